The molecule has 0 unspecified atom stereocenters. The first-order valence-electron chi connectivity index (χ1n) is 7.11. The molecule has 0 fully saturated rings. The van der Waals surface area contributed by atoms with Gasteiger partial charge in [0.1, 0.15) is 0 Å². The Kier molecular flexibility index (Phi) is 3.30. The van der Waals surface area contributed by atoms with Crippen molar-refractivity contribution >= 4 is 11.6 Å². The van der Waals surface area contributed by atoms with Crippen molar-refractivity contribution in [1.82, 2.24) is 9.78 Å². The van der Waals surface area contributed by atoms with Crippen molar-refractivity contribution in [2.24, 2.45) is 0 Å². The molecule has 0 spiro atoms. The number of rotatable bonds is 3. The number of hydrogen-bond donors (Lipinski definition) is 1. The standard InChI is InChI=1S/C16H19N3O/c1-11(2)19-10-14(9-17-19)16(20)18-15-7-6-12-4-3-5-13(12)8-15/h6-11H,3-5H2,1-2H3,(H,18,20). The maximum Gasteiger partial charge on any atom is 0.258 e. The molecular formula is C16H19N3O. The summed E-state index contributed by atoms with van der Waals surface area (Å²) in [6, 6.07) is 6.45. The molecule has 4 nitrogen and oxygen atoms in total. The lowest BCUT2D eigenvalue weighted by molar-refractivity contribution is 0.102. The number of amides is 1. The molecule has 1 heterocycles. The first-order chi connectivity index (χ1) is 9.63. The van der Waals surface area contributed by atoms with Crippen LogP contribution in [0.3, 0.4) is 0 Å². The van der Waals surface area contributed by atoms with Crippen molar-refractivity contribution in [3.63, 3.8) is 0 Å². The van der Waals surface area contributed by atoms with Crippen LogP contribution in [0.5, 0.6) is 0 Å². The van der Waals surface area contributed by atoms with Crippen LogP contribution in [-0.2, 0) is 12.8 Å². The van der Waals surface area contributed by atoms with E-state index in [0.29, 0.717) is 5.56 Å². The molecule has 2 aromatic rings. The van der Waals surface area contributed by atoms with Gasteiger partial charge in [0.15, 0.2) is 0 Å². The Bertz CT molecular complexity index is 643. The van der Waals surface area contributed by atoms with Crippen LogP contribution in [0.1, 0.15) is 47.8 Å². The molecule has 0 bridgehead atoms. The van der Waals surface area contributed by atoms with Gasteiger partial charge in [-0.2, -0.15) is 5.10 Å². The third-order valence-electron chi connectivity index (χ3n) is 3.75. The molecule has 0 saturated carbocycles. The third-order valence-corrected chi connectivity index (χ3v) is 3.75. The quantitative estimate of drug-likeness (QED) is 0.930. The molecule has 104 valence electrons. The summed E-state index contributed by atoms with van der Waals surface area (Å²) in [5, 5.41) is 7.14. The van der Waals surface area contributed by atoms with Crippen LogP contribution in [0.2, 0.25) is 0 Å². The van der Waals surface area contributed by atoms with Crippen molar-refractivity contribution in [2.75, 3.05) is 5.32 Å². The fourth-order valence-corrected chi connectivity index (χ4v) is 2.59. The van der Waals surface area contributed by atoms with E-state index in [-0.39, 0.29) is 11.9 Å². The van der Waals surface area contributed by atoms with E-state index in [1.54, 1.807) is 17.1 Å². The molecule has 1 amide bonds. The minimum Gasteiger partial charge on any atom is -0.322 e. The van der Waals surface area contributed by atoms with Crippen molar-refractivity contribution in [3.8, 4) is 0 Å². The number of benzene rings is 1. The van der Waals surface area contributed by atoms with Gasteiger partial charge in [0.05, 0.1) is 11.8 Å². The Morgan fingerprint density at radius 2 is 2.10 bits per heavy atom. The van der Waals surface area contributed by atoms with Crippen LogP contribution in [0, 0.1) is 0 Å². The fourth-order valence-electron chi connectivity index (χ4n) is 2.59. The van der Waals surface area contributed by atoms with Gasteiger partial charge in [-0.05, 0) is 56.4 Å². The summed E-state index contributed by atoms with van der Waals surface area (Å²) < 4.78 is 1.79. The Labute approximate surface area is 118 Å². The molecule has 0 aliphatic heterocycles. The lowest BCUT2D eigenvalue weighted by atomic mass is 10.1. The molecule has 3 rings (SSSR count). The summed E-state index contributed by atoms with van der Waals surface area (Å²) >= 11 is 0. The summed E-state index contributed by atoms with van der Waals surface area (Å²) in [7, 11) is 0. The molecule has 1 aromatic carbocycles. The number of fused-ring (bicyclic) bond motifs is 1. The minimum atomic E-state index is -0.102. The average Bonchev–Trinajstić information content (AvgIpc) is 3.07. The van der Waals surface area contributed by atoms with Gasteiger partial charge < -0.3 is 5.32 Å². The minimum absolute atomic E-state index is 0.102. The van der Waals surface area contributed by atoms with Crippen LogP contribution in [0.25, 0.3) is 0 Å². The number of aromatic nitrogens is 2. The summed E-state index contributed by atoms with van der Waals surface area (Å²) in [4.78, 5) is 12.2. The van der Waals surface area contributed by atoms with E-state index in [4.69, 9.17) is 0 Å². The first kappa shape index (κ1) is 12.9. The number of anilines is 1. The van der Waals surface area contributed by atoms with Crippen molar-refractivity contribution in [1.29, 1.82) is 0 Å². The number of hydrogen-bond acceptors (Lipinski definition) is 2. The van der Waals surface area contributed by atoms with E-state index in [2.05, 4.69) is 22.5 Å². The number of nitrogens with zero attached hydrogens (tertiary/aromatic N) is 2. The van der Waals surface area contributed by atoms with Gasteiger partial charge in [0, 0.05) is 17.9 Å². The molecule has 1 N–H and O–H groups in total. The van der Waals surface area contributed by atoms with Gasteiger partial charge in [-0.25, -0.2) is 0 Å². The number of aryl methyl sites for hydroxylation is 2. The average molecular weight is 269 g/mol. The number of carbonyl (C=O) groups is 1. The molecule has 1 aliphatic carbocycles. The van der Waals surface area contributed by atoms with E-state index in [1.165, 1.54) is 17.5 Å². The molecule has 20 heavy (non-hydrogen) atoms. The van der Waals surface area contributed by atoms with Crippen LogP contribution in [0.15, 0.2) is 30.6 Å². The Morgan fingerprint density at radius 1 is 1.30 bits per heavy atom. The zero-order valence-electron chi connectivity index (χ0n) is 11.9. The van der Waals surface area contributed by atoms with Crippen LogP contribution < -0.4 is 5.32 Å². The summed E-state index contributed by atoms with van der Waals surface area (Å²) in [6.45, 7) is 4.07. The van der Waals surface area contributed by atoms with Gasteiger partial charge in [-0.15, -0.1) is 0 Å². The third kappa shape index (κ3) is 2.46. The molecule has 0 atom stereocenters. The van der Waals surface area contributed by atoms with Gasteiger partial charge in [0.2, 0.25) is 0 Å². The Hall–Kier alpha value is -2.10. The van der Waals surface area contributed by atoms with Crippen LogP contribution in [-0.4, -0.2) is 15.7 Å². The second kappa shape index (κ2) is 5.12. The fraction of sp³-hybridized carbons (Fsp3) is 0.375. The maximum atomic E-state index is 12.2. The lowest BCUT2D eigenvalue weighted by Gasteiger charge is -2.06. The van der Waals surface area contributed by atoms with Crippen molar-refractivity contribution in [3.05, 3.63) is 47.3 Å². The Morgan fingerprint density at radius 3 is 2.85 bits per heavy atom. The molecule has 1 aromatic heterocycles. The normalized spacial score (nSPS) is 13.6. The smallest absolute Gasteiger partial charge is 0.258 e. The van der Waals surface area contributed by atoms with E-state index < -0.39 is 0 Å². The highest BCUT2D eigenvalue weighted by Gasteiger charge is 2.13. The molecule has 0 saturated heterocycles. The Balaban J connectivity index is 1.75. The maximum absolute atomic E-state index is 12.2. The highest BCUT2D eigenvalue weighted by atomic mass is 16.1. The zero-order chi connectivity index (χ0) is 14.1. The second-order valence-electron chi connectivity index (χ2n) is 5.59. The molecular weight excluding hydrogens is 250 g/mol. The number of carbonyl (C=O) groups excluding carboxylic acids is 1. The highest BCUT2D eigenvalue weighted by molar-refractivity contribution is 6.04. The highest BCUT2D eigenvalue weighted by Crippen LogP contribution is 2.25. The van der Waals surface area contributed by atoms with Crippen molar-refractivity contribution < 1.29 is 4.79 Å². The van der Waals surface area contributed by atoms with Gasteiger partial charge >= 0.3 is 0 Å². The zero-order valence-corrected chi connectivity index (χ0v) is 11.9. The van der Waals surface area contributed by atoms with E-state index >= 15 is 0 Å². The number of nitrogens with one attached hydrogen (secondary N) is 1. The predicted octanol–water partition coefficient (Wildman–Crippen LogP) is 3.21. The molecule has 0 radical (unpaired) electrons. The van der Waals surface area contributed by atoms with Gasteiger partial charge in [-0.1, -0.05) is 6.07 Å². The summed E-state index contributed by atoms with van der Waals surface area (Å²) in [6.07, 6.45) is 6.89. The van der Waals surface area contributed by atoms with E-state index in [1.807, 2.05) is 19.9 Å². The van der Waals surface area contributed by atoms with Crippen LogP contribution in [0.4, 0.5) is 5.69 Å². The van der Waals surface area contributed by atoms with E-state index in [0.717, 1.165) is 18.5 Å². The predicted molar refractivity (Wildman–Crippen MR) is 79.0 cm³/mol. The molecule has 4 heteroatoms. The second-order valence-corrected chi connectivity index (χ2v) is 5.59. The van der Waals surface area contributed by atoms with Gasteiger partial charge in [0.25, 0.3) is 5.91 Å². The summed E-state index contributed by atoms with van der Waals surface area (Å²) in [5.74, 6) is -0.102. The largest absolute Gasteiger partial charge is 0.322 e. The summed E-state index contributed by atoms with van der Waals surface area (Å²) in [5.41, 5.74) is 4.24. The van der Waals surface area contributed by atoms with Crippen LogP contribution >= 0.6 is 0 Å². The van der Waals surface area contributed by atoms with E-state index in [9.17, 15) is 4.79 Å². The topological polar surface area (TPSA) is 46.9 Å². The SMILES string of the molecule is CC(C)n1cc(C(=O)Nc2ccc3c(c2)CCC3)cn1. The monoisotopic (exact) mass is 269 g/mol. The van der Waals surface area contributed by atoms with Gasteiger partial charge in [-0.3, -0.25) is 9.48 Å². The molecule has 1 aliphatic rings. The van der Waals surface area contributed by atoms with Crippen molar-refractivity contribution in [2.45, 2.75) is 39.2 Å². The lowest BCUT2D eigenvalue weighted by Crippen LogP contribution is -2.11. The first-order valence-corrected chi connectivity index (χ1v) is 7.11.